The maximum atomic E-state index is 12.7. The first-order valence-electron chi connectivity index (χ1n) is 4.21. The van der Waals surface area contributed by atoms with Gasteiger partial charge in [-0.3, -0.25) is 4.79 Å². The molecule has 0 aliphatic carbocycles. The standard InChI is InChI=1S/C10H4ClF3INO/c11-3-9(17)6-2-8(15)5(4-16)1-7(6)10(12,13)14/h1-2H,3H2. The smallest absolute Gasteiger partial charge is 0.293 e. The second-order valence-corrected chi connectivity index (χ2v) is 4.47. The van der Waals surface area contributed by atoms with Crippen LogP contribution in [0.3, 0.4) is 0 Å². The molecular formula is C10H4ClF3INO. The normalized spacial score (nSPS) is 11.1. The summed E-state index contributed by atoms with van der Waals surface area (Å²) in [6, 6.07) is 3.34. The van der Waals surface area contributed by atoms with Crippen LogP contribution in [0.5, 0.6) is 0 Å². The van der Waals surface area contributed by atoms with Crippen molar-refractivity contribution >= 4 is 40.0 Å². The number of nitriles is 1. The van der Waals surface area contributed by atoms with Gasteiger partial charge in [-0.1, -0.05) is 0 Å². The highest BCUT2D eigenvalue weighted by Gasteiger charge is 2.35. The molecule has 0 spiro atoms. The van der Waals surface area contributed by atoms with Gasteiger partial charge in [-0.15, -0.1) is 11.6 Å². The average molecular weight is 373 g/mol. The van der Waals surface area contributed by atoms with E-state index in [9.17, 15) is 18.0 Å². The monoisotopic (exact) mass is 373 g/mol. The first-order chi connectivity index (χ1) is 7.81. The highest BCUT2D eigenvalue weighted by atomic mass is 127. The number of halogens is 5. The van der Waals surface area contributed by atoms with Crippen LogP contribution >= 0.6 is 34.2 Å². The molecule has 1 rings (SSSR count). The number of carbonyl (C=O) groups excluding carboxylic acids is 1. The average Bonchev–Trinajstić information content (AvgIpc) is 2.26. The Bertz CT molecular complexity index is 507. The summed E-state index contributed by atoms with van der Waals surface area (Å²) < 4.78 is 38.3. The van der Waals surface area contributed by atoms with E-state index in [-0.39, 0.29) is 9.13 Å². The predicted molar refractivity (Wildman–Crippen MR) is 63.9 cm³/mol. The molecule has 1 aromatic rings. The number of benzene rings is 1. The van der Waals surface area contributed by atoms with E-state index in [1.54, 1.807) is 28.7 Å². The molecule has 1 aromatic carbocycles. The molecule has 0 heterocycles. The number of nitrogens with zero attached hydrogens (tertiary/aromatic N) is 1. The van der Waals surface area contributed by atoms with Crippen LogP contribution in [-0.2, 0) is 6.18 Å². The fourth-order valence-corrected chi connectivity index (χ4v) is 1.93. The zero-order chi connectivity index (χ0) is 13.2. The molecule has 0 amide bonds. The Morgan fingerprint density at radius 2 is 2.06 bits per heavy atom. The fourth-order valence-electron chi connectivity index (χ4n) is 1.20. The minimum Gasteiger partial charge on any atom is -0.293 e. The van der Waals surface area contributed by atoms with Crippen molar-refractivity contribution in [2.24, 2.45) is 0 Å². The van der Waals surface area contributed by atoms with E-state index in [0.717, 1.165) is 6.07 Å². The van der Waals surface area contributed by atoms with Gasteiger partial charge in [0.15, 0.2) is 5.78 Å². The molecule has 0 bridgehead atoms. The zero-order valence-corrected chi connectivity index (χ0v) is 11.0. The van der Waals surface area contributed by atoms with Gasteiger partial charge in [0, 0.05) is 9.13 Å². The van der Waals surface area contributed by atoms with Crippen molar-refractivity contribution in [2.45, 2.75) is 6.18 Å². The number of Topliss-reactive ketones (excluding diaryl/α,β-unsaturated/α-hetero) is 1. The van der Waals surface area contributed by atoms with Crippen molar-refractivity contribution < 1.29 is 18.0 Å². The first kappa shape index (κ1) is 14.3. The van der Waals surface area contributed by atoms with Crippen LogP contribution in [-0.4, -0.2) is 11.7 Å². The van der Waals surface area contributed by atoms with Crippen LogP contribution in [0.25, 0.3) is 0 Å². The largest absolute Gasteiger partial charge is 0.417 e. The van der Waals surface area contributed by atoms with Gasteiger partial charge in [0.2, 0.25) is 0 Å². The lowest BCUT2D eigenvalue weighted by atomic mass is 10.0. The Kier molecular flexibility index (Phi) is 4.38. The van der Waals surface area contributed by atoms with Crippen LogP contribution in [0.4, 0.5) is 13.2 Å². The number of rotatable bonds is 2. The van der Waals surface area contributed by atoms with Crippen LogP contribution < -0.4 is 0 Å². The summed E-state index contributed by atoms with van der Waals surface area (Å²) in [6.07, 6.45) is -4.69. The summed E-state index contributed by atoms with van der Waals surface area (Å²) >= 11 is 6.95. The van der Waals surface area contributed by atoms with Crippen LogP contribution in [0, 0.1) is 14.9 Å². The Hall–Kier alpha value is -0.810. The fraction of sp³-hybridized carbons (Fsp3) is 0.200. The van der Waals surface area contributed by atoms with Gasteiger partial charge >= 0.3 is 6.18 Å². The van der Waals surface area contributed by atoms with E-state index in [4.69, 9.17) is 16.9 Å². The lowest BCUT2D eigenvalue weighted by Crippen LogP contribution is -2.15. The lowest BCUT2D eigenvalue weighted by Gasteiger charge is -2.12. The molecule has 0 aliphatic rings. The van der Waals surface area contributed by atoms with E-state index in [1.807, 2.05) is 0 Å². The Morgan fingerprint density at radius 3 is 2.47 bits per heavy atom. The van der Waals surface area contributed by atoms with Crippen molar-refractivity contribution in [1.29, 1.82) is 5.26 Å². The van der Waals surface area contributed by atoms with E-state index in [0.29, 0.717) is 6.07 Å². The number of alkyl halides is 4. The van der Waals surface area contributed by atoms with E-state index < -0.39 is 29.0 Å². The molecule has 7 heteroatoms. The van der Waals surface area contributed by atoms with E-state index in [1.165, 1.54) is 0 Å². The van der Waals surface area contributed by atoms with Crippen molar-refractivity contribution in [2.75, 3.05) is 5.88 Å². The molecule has 0 saturated heterocycles. The van der Waals surface area contributed by atoms with Crippen LogP contribution in [0.2, 0.25) is 0 Å². The summed E-state index contributed by atoms with van der Waals surface area (Å²) in [5.41, 5.74) is -1.75. The quantitative estimate of drug-likeness (QED) is 0.451. The molecule has 0 atom stereocenters. The first-order valence-corrected chi connectivity index (χ1v) is 5.82. The summed E-state index contributed by atoms with van der Waals surface area (Å²) in [5.74, 6) is -1.35. The number of hydrogen-bond donors (Lipinski definition) is 0. The molecule has 0 aliphatic heterocycles. The highest BCUT2D eigenvalue weighted by Crippen LogP contribution is 2.34. The van der Waals surface area contributed by atoms with Crippen molar-refractivity contribution in [3.8, 4) is 6.07 Å². The summed E-state index contributed by atoms with van der Waals surface area (Å²) in [5, 5.41) is 8.66. The zero-order valence-electron chi connectivity index (χ0n) is 8.11. The molecule has 0 saturated carbocycles. The third-order valence-corrected chi connectivity index (χ3v) is 3.09. The van der Waals surface area contributed by atoms with E-state index >= 15 is 0 Å². The molecule has 0 unspecified atom stereocenters. The van der Waals surface area contributed by atoms with Gasteiger partial charge in [-0.05, 0) is 34.7 Å². The second-order valence-electron chi connectivity index (χ2n) is 3.04. The number of hydrogen-bond acceptors (Lipinski definition) is 2. The molecule has 0 N–H and O–H groups in total. The maximum absolute atomic E-state index is 12.7. The summed E-state index contributed by atoms with van der Waals surface area (Å²) in [4.78, 5) is 11.3. The van der Waals surface area contributed by atoms with Gasteiger partial charge in [-0.25, -0.2) is 0 Å². The molecule has 0 aromatic heterocycles. The Balaban J connectivity index is 3.54. The third-order valence-electron chi connectivity index (χ3n) is 1.95. The number of ketones is 1. The predicted octanol–water partition coefficient (Wildman–Crippen LogP) is 3.60. The SMILES string of the molecule is N#Cc1cc(C(F)(F)F)c(C(=O)CCl)cc1I. The van der Waals surface area contributed by atoms with Gasteiger partial charge < -0.3 is 0 Å². The van der Waals surface area contributed by atoms with Gasteiger partial charge in [0.1, 0.15) is 6.07 Å². The van der Waals surface area contributed by atoms with Crippen LogP contribution in [0.15, 0.2) is 12.1 Å². The number of carbonyl (C=O) groups is 1. The topological polar surface area (TPSA) is 40.9 Å². The van der Waals surface area contributed by atoms with Crippen molar-refractivity contribution in [3.63, 3.8) is 0 Å². The molecule has 90 valence electrons. The van der Waals surface area contributed by atoms with Gasteiger partial charge in [-0.2, -0.15) is 18.4 Å². The third kappa shape index (κ3) is 3.10. The van der Waals surface area contributed by atoms with Gasteiger partial charge in [0.25, 0.3) is 0 Å². The van der Waals surface area contributed by atoms with Crippen LogP contribution in [0.1, 0.15) is 21.5 Å². The van der Waals surface area contributed by atoms with E-state index in [2.05, 4.69) is 0 Å². The summed E-state index contributed by atoms with van der Waals surface area (Å²) in [7, 11) is 0. The highest BCUT2D eigenvalue weighted by molar-refractivity contribution is 14.1. The Morgan fingerprint density at radius 1 is 1.47 bits per heavy atom. The maximum Gasteiger partial charge on any atom is 0.417 e. The summed E-state index contributed by atoms with van der Waals surface area (Å²) in [6.45, 7) is 0. The second kappa shape index (κ2) is 5.23. The van der Waals surface area contributed by atoms with Gasteiger partial charge in [0.05, 0.1) is 17.0 Å². The molecular weight excluding hydrogens is 369 g/mol. The van der Waals surface area contributed by atoms with Crippen molar-refractivity contribution in [1.82, 2.24) is 0 Å². The molecule has 17 heavy (non-hydrogen) atoms. The Labute approximate surface area is 114 Å². The minimum atomic E-state index is -4.69. The molecule has 2 nitrogen and oxygen atoms in total. The molecule has 0 fully saturated rings. The lowest BCUT2D eigenvalue weighted by molar-refractivity contribution is -0.137. The minimum absolute atomic E-state index is 0.121. The van der Waals surface area contributed by atoms with Crippen molar-refractivity contribution in [3.05, 3.63) is 32.4 Å². The molecule has 0 radical (unpaired) electrons.